The molecular formula is C17H23ClN2O2S. The number of nitrogens with zero attached hydrogens (tertiary/aromatic N) is 1. The normalized spacial score (nSPS) is 20.0. The number of hydrogen-bond donors (Lipinski definition) is 1. The molecule has 1 saturated heterocycles. The number of rotatable bonds is 4. The maximum absolute atomic E-state index is 12.4. The van der Waals surface area contributed by atoms with E-state index in [-0.39, 0.29) is 17.7 Å². The number of carbonyl (C=O) groups excluding carboxylic acids is 2. The highest BCUT2D eigenvalue weighted by Gasteiger charge is 2.31. The maximum Gasteiger partial charge on any atom is 0.225 e. The molecule has 6 heteroatoms. The molecule has 1 aromatic heterocycles. The fraction of sp³-hybridized carbons (Fsp3) is 0.647. The molecule has 1 aromatic rings. The van der Waals surface area contributed by atoms with Crippen molar-refractivity contribution >= 4 is 34.8 Å². The molecule has 1 aliphatic carbocycles. The number of nitrogens with one attached hydrogen (secondary N) is 1. The third kappa shape index (κ3) is 4.27. The molecule has 23 heavy (non-hydrogen) atoms. The topological polar surface area (TPSA) is 49.4 Å². The predicted molar refractivity (Wildman–Crippen MR) is 92.4 cm³/mol. The summed E-state index contributed by atoms with van der Waals surface area (Å²) in [6, 6.07) is 3.79. The van der Waals surface area contributed by atoms with Gasteiger partial charge in [-0.25, -0.2) is 0 Å². The summed E-state index contributed by atoms with van der Waals surface area (Å²) in [5, 5.41) is 2.99. The van der Waals surface area contributed by atoms with Crippen LogP contribution >= 0.6 is 22.9 Å². The number of hydrogen-bond acceptors (Lipinski definition) is 3. The minimum Gasteiger partial charge on any atom is -0.351 e. The first kappa shape index (κ1) is 16.8. The minimum absolute atomic E-state index is 0.0260. The van der Waals surface area contributed by atoms with Gasteiger partial charge in [-0.3, -0.25) is 9.59 Å². The van der Waals surface area contributed by atoms with Gasteiger partial charge in [-0.2, -0.15) is 0 Å². The van der Waals surface area contributed by atoms with E-state index in [1.54, 1.807) is 0 Å². The summed E-state index contributed by atoms with van der Waals surface area (Å²) in [6.07, 6.45) is 6.00. The van der Waals surface area contributed by atoms with Crippen molar-refractivity contribution in [3.05, 3.63) is 21.3 Å². The zero-order chi connectivity index (χ0) is 16.2. The van der Waals surface area contributed by atoms with Crippen LogP contribution in [-0.4, -0.2) is 29.8 Å². The summed E-state index contributed by atoms with van der Waals surface area (Å²) in [5.74, 6) is 0.680. The lowest BCUT2D eigenvalue weighted by molar-refractivity contribution is -0.139. The van der Waals surface area contributed by atoms with Gasteiger partial charge in [-0.15, -0.1) is 11.3 Å². The maximum atomic E-state index is 12.4. The van der Waals surface area contributed by atoms with Gasteiger partial charge >= 0.3 is 0 Å². The molecule has 126 valence electrons. The van der Waals surface area contributed by atoms with Crippen molar-refractivity contribution in [2.45, 2.75) is 45.1 Å². The monoisotopic (exact) mass is 354 g/mol. The number of thiophene rings is 1. The zero-order valence-electron chi connectivity index (χ0n) is 13.2. The van der Waals surface area contributed by atoms with Gasteiger partial charge in [-0.05, 0) is 37.8 Å². The van der Waals surface area contributed by atoms with Crippen LogP contribution in [-0.2, 0) is 16.1 Å². The van der Waals surface area contributed by atoms with Gasteiger partial charge in [0.05, 0.1) is 10.9 Å². The molecule has 4 nitrogen and oxygen atoms in total. The Kier molecular flexibility index (Phi) is 5.59. The average molecular weight is 355 g/mol. The Balaban J connectivity index is 1.42. The average Bonchev–Trinajstić information content (AvgIpc) is 3.24. The second-order valence-corrected chi connectivity index (χ2v) is 8.30. The number of amides is 2. The van der Waals surface area contributed by atoms with Gasteiger partial charge in [0.15, 0.2) is 0 Å². The van der Waals surface area contributed by atoms with Gasteiger partial charge in [0.2, 0.25) is 11.8 Å². The van der Waals surface area contributed by atoms with Crippen molar-refractivity contribution < 1.29 is 9.59 Å². The Morgan fingerprint density at radius 2 is 1.83 bits per heavy atom. The smallest absolute Gasteiger partial charge is 0.225 e. The molecule has 1 aliphatic heterocycles. The first-order valence-electron chi connectivity index (χ1n) is 8.44. The molecule has 1 N–H and O–H groups in total. The van der Waals surface area contributed by atoms with Crippen molar-refractivity contribution in [3.8, 4) is 0 Å². The quantitative estimate of drug-likeness (QED) is 0.900. The first-order chi connectivity index (χ1) is 11.1. The summed E-state index contributed by atoms with van der Waals surface area (Å²) in [4.78, 5) is 27.7. The van der Waals surface area contributed by atoms with Crippen molar-refractivity contribution in [1.29, 1.82) is 0 Å². The molecule has 2 fully saturated rings. The van der Waals surface area contributed by atoms with Crippen molar-refractivity contribution in [2.75, 3.05) is 13.1 Å². The summed E-state index contributed by atoms with van der Waals surface area (Å²) < 4.78 is 0.744. The highest BCUT2D eigenvalue weighted by atomic mass is 35.5. The van der Waals surface area contributed by atoms with Crippen molar-refractivity contribution in [1.82, 2.24) is 10.2 Å². The predicted octanol–water partition coefficient (Wildman–Crippen LogP) is 3.45. The third-order valence-electron chi connectivity index (χ3n) is 4.95. The van der Waals surface area contributed by atoms with E-state index in [4.69, 9.17) is 11.6 Å². The van der Waals surface area contributed by atoms with Crippen LogP contribution in [0.15, 0.2) is 12.1 Å². The van der Waals surface area contributed by atoms with Crippen LogP contribution in [0.2, 0.25) is 4.34 Å². The van der Waals surface area contributed by atoms with E-state index >= 15 is 0 Å². The molecule has 0 bridgehead atoms. The second-order valence-electron chi connectivity index (χ2n) is 6.50. The van der Waals surface area contributed by atoms with Gasteiger partial charge in [0.1, 0.15) is 0 Å². The van der Waals surface area contributed by atoms with Gasteiger partial charge in [0, 0.05) is 29.8 Å². The van der Waals surface area contributed by atoms with Crippen LogP contribution in [0.1, 0.15) is 43.4 Å². The Bertz CT molecular complexity index is 561. The van der Waals surface area contributed by atoms with E-state index < -0.39 is 0 Å². The Labute approximate surface area is 146 Å². The molecule has 0 atom stereocenters. The van der Waals surface area contributed by atoms with Crippen LogP contribution in [0, 0.1) is 11.8 Å². The van der Waals surface area contributed by atoms with Gasteiger partial charge in [0.25, 0.3) is 0 Å². The molecule has 0 spiro atoms. The van der Waals surface area contributed by atoms with Gasteiger partial charge in [-0.1, -0.05) is 24.4 Å². The van der Waals surface area contributed by atoms with E-state index in [9.17, 15) is 9.59 Å². The number of piperidine rings is 1. The molecule has 3 rings (SSSR count). The zero-order valence-corrected chi connectivity index (χ0v) is 14.8. The van der Waals surface area contributed by atoms with Crippen LogP contribution in [0.25, 0.3) is 0 Å². The molecule has 0 unspecified atom stereocenters. The minimum atomic E-state index is 0.0260. The molecule has 2 aliphatic rings. The summed E-state index contributed by atoms with van der Waals surface area (Å²) in [7, 11) is 0. The van der Waals surface area contributed by atoms with Crippen molar-refractivity contribution in [3.63, 3.8) is 0 Å². The number of halogens is 1. The van der Waals surface area contributed by atoms with E-state index in [1.165, 1.54) is 24.2 Å². The largest absolute Gasteiger partial charge is 0.351 e. The summed E-state index contributed by atoms with van der Waals surface area (Å²) in [6.45, 7) is 1.98. The van der Waals surface area contributed by atoms with E-state index in [0.29, 0.717) is 12.5 Å². The van der Waals surface area contributed by atoms with Crippen molar-refractivity contribution in [2.24, 2.45) is 11.8 Å². The Morgan fingerprint density at radius 1 is 1.13 bits per heavy atom. The molecule has 0 aromatic carbocycles. The van der Waals surface area contributed by atoms with Crippen LogP contribution in [0.4, 0.5) is 0 Å². The van der Waals surface area contributed by atoms with E-state index in [0.717, 1.165) is 48.0 Å². The van der Waals surface area contributed by atoms with Crippen LogP contribution in [0.5, 0.6) is 0 Å². The van der Waals surface area contributed by atoms with E-state index in [1.807, 2.05) is 17.0 Å². The third-order valence-corrected chi connectivity index (χ3v) is 6.18. The van der Waals surface area contributed by atoms with Crippen LogP contribution in [0.3, 0.4) is 0 Å². The second kappa shape index (κ2) is 7.67. The number of carbonyl (C=O) groups is 2. The molecular weight excluding hydrogens is 332 g/mol. The first-order valence-corrected chi connectivity index (χ1v) is 9.63. The lowest BCUT2D eigenvalue weighted by atomic mass is 9.94. The fourth-order valence-electron chi connectivity index (χ4n) is 3.56. The highest BCUT2D eigenvalue weighted by Crippen LogP contribution is 2.28. The molecule has 1 saturated carbocycles. The highest BCUT2D eigenvalue weighted by molar-refractivity contribution is 7.16. The van der Waals surface area contributed by atoms with Gasteiger partial charge < -0.3 is 10.2 Å². The standard InChI is InChI=1S/C17H23ClN2O2S/c18-15-6-5-14(23-15)11-19-16(21)12-7-9-20(10-8-12)17(22)13-3-1-2-4-13/h5-6,12-13H,1-4,7-11H2,(H,19,21). The lowest BCUT2D eigenvalue weighted by Gasteiger charge is -2.33. The Morgan fingerprint density at radius 3 is 2.43 bits per heavy atom. The van der Waals surface area contributed by atoms with Crippen LogP contribution < -0.4 is 5.32 Å². The fourth-order valence-corrected chi connectivity index (χ4v) is 4.59. The number of likely N-dealkylation sites (tertiary alicyclic amines) is 1. The Hall–Kier alpha value is -1.07. The van der Waals surface area contributed by atoms with E-state index in [2.05, 4.69) is 5.32 Å². The summed E-state index contributed by atoms with van der Waals surface area (Å²) in [5.41, 5.74) is 0. The molecule has 2 heterocycles. The molecule has 0 radical (unpaired) electrons. The molecule has 2 amide bonds. The lowest BCUT2D eigenvalue weighted by Crippen LogP contribution is -2.44. The SMILES string of the molecule is O=C(NCc1ccc(Cl)s1)C1CCN(C(=O)C2CCCC2)CC1. The summed E-state index contributed by atoms with van der Waals surface area (Å²) >= 11 is 7.38.